The van der Waals surface area contributed by atoms with Crippen molar-refractivity contribution in [2.45, 2.75) is 32.5 Å². The van der Waals surface area contributed by atoms with Gasteiger partial charge in [-0.1, -0.05) is 20.3 Å². The van der Waals surface area contributed by atoms with Gasteiger partial charge in [-0.3, -0.25) is 0 Å². The molecule has 0 unspecified atom stereocenters. The van der Waals surface area contributed by atoms with Crippen molar-refractivity contribution in [1.82, 2.24) is 0 Å². The van der Waals surface area contributed by atoms with E-state index in [4.69, 9.17) is 5.73 Å². The molecule has 1 nitrogen and oxygen atoms in total. The van der Waals surface area contributed by atoms with Gasteiger partial charge in [0, 0.05) is 0 Å². The van der Waals surface area contributed by atoms with Crippen LogP contribution in [0.5, 0.6) is 0 Å². The van der Waals surface area contributed by atoms with Gasteiger partial charge in [0.05, 0.1) is 0 Å². The molecule has 0 aromatic rings. The molecule has 62 valence electrons. The molecule has 2 N–H and O–H groups in total. The summed E-state index contributed by atoms with van der Waals surface area (Å²) in [6.45, 7) is 3.19. The molecule has 2 atom stereocenters. The zero-order valence-corrected chi connectivity index (χ0v) is 6.07. The van der Waals surface area contributed by atoms with Crippen molar-refractivity contribution in [3.05, 3.63) is 0 Å². The van der Waals surface area contributed by atoms with Gasteiger partial charge in [-0.2, -0.15) is 13.2 Å². The van der Waals surface area contributed by atoms with Gasteiger partial charge in [0.25, 0.3) is 0 Å². The predicted molar refractivity (Wildman–Crippen MR) is 33.5 cm³/mol. The Bertz CT molecular complexity index is 99.7. The fourth-order valence-electron chi connectivity index (χ4n) is 0.577. The molecule has 0 bridgehead atoms. The summed E-state index contributed by atoms with van der Waals surface area (Å²) in [5.41, 5.74) is 4.88. The number of hydrogen-bond acceptors (Lipinski definition) is 1. The Morgan fingerprint density at radius 2 is 1.80 bits per heavy atom. The van der Waals surface area contributed by atoms with Gasteiger partial charge in [-0.05, 0) is 5.92 Å². The smallest absolute Gasteiger partial charge is 0.320 e. The summed E-state index contributed by atoms with van der Waals surface area (Å²) in [7, 11) is 0. The average molecular weight is 155 g/mol. The van der Waals surface area contributed by atoms with Gasteiger partial charge in [0.1, 0.15) is 6.04 Å². The zero-order chi connectivity index (χ0) is 8.36. The van der Waals surface area contributed by atoms with E-state index in [0.29, 0.717) is 6.42 Å². The van der Waals surface area contributed by atoms with Crippen LogP contribution >= 0.6 is 0 Å². The maximum absolute atomic E-state index is 11.8. The Kier molecular flexibility index (Phi) is 3.15. The molecule has 0 radical (unpaired) electrons. The Morgan fingerprint density at radius 1 is 1.40 bits per heavy atom. The van der Waals surface area contributed by atoms with Crippen LogP contribution in [-0.4, -0.2) is 12.2 Å². The Hall–Kier alpha value is -0.250. The molecule has 0 saturated carbocycles. The van der Waals surface area contributed by atoms with E-state index in [1.165, 1.54) is 6.92 Å². The number of hydrogen-bond donors (Lipinski definition) is 1. The van der Waals surface area contributed by atoms with E-state index >= 15 is 0 Å². The largest absolute Gasteiger partial charge is 0.403 e. The van der Waals surface area contributed by atoms with Crippen LogP contribution in [0.25, 0.3) is 0 Å². The molecule has 0 aliphatic heterocycles. The molecule has 0 spiro atoms. The van der Waals surface area contributed by atoms with Crippen molar-refractivity contribution in [3.8, 4) is 0 Å². The highest BCUT2D eigenvalue weighted by atomic mass is 19.4. The fraction of sp³-hybridized carbons (Fsp3) is 1.00. The highest BCUT2D eigenvalue weighted by Crippen LogP contribution is 2.24. The van der Waals surface area contributed by atoms with E-state index < -0.39 is 18.1 Å². The molecule has 4 heteroatoms. The summed E-state index contributed by atoms with van der Waals surface area (Å²) in [5.74, 6) is -0.486. The number of halogens is 3. The number of nitrogens with two attached hydrogens (primary N) is 1. The molecule has 0 fully saturated rings. The van der Waals surface area contributed by atoms with Crippen LogP contribution < -0.4 is 5.73 Å². The molecule has 0 amide bonds. The maximum atomic E-state index is 11.8. The summed E-state index contributed by atoms with van der Waals surface area (Å²) < 4.78 is 35.3. The van der Waals surface area contributed by atoms with Gasteiger partial charge >= 0.3 is 6.18 Å². The minimum absolute atomic E-state index is 0.459. The Balaban J connectivity index is 3.94. The van der Waals surface area contributed by atoms with Crippen molar-refractivity contribution in [3.63, 3.8) is 0 Å². The summed E-state index contributed by atoms with van der Waals surface area (Å²) in [4.78, 5) is 0. The first kappa shape index (κ1) is 9.75. The first-order valence-corrected chi connectivity index (χ1v) is 3.21. The molecule has 0 heterocycles. The fourth-order valence-corrected chi connectivity index (χ4v) is 0.577. The van der Waals surface area contributed by atoms with Gasteiger partial charge in [-0.15, -0.1) is 0 Å². The van der Waals surface area contributed by atoms with Gasteiger partial charge in [0.2, 0.25) is 0 Å². The van der Waals surface area contributed by atoms with Crippen molar-refractivity contribution >= 4 is 0 Å². The highest BCUT2D eigenvalue weighted by Gasteiger charge is 2.39. The summed E-state index contributed by atoms with van der Waals surface area (Å²) in [5, 5.41) is 0. The zero-order valence-electron chi connectivity index (χ0n) is 6.07. The van der Waals surface area contributed by atoms with Crippen LogP contribution in [0.1, 0.15) is 20.3 Å². The van der Waals surface area contributed by atoms with E-state index in [1.54, 1.807) is 6.92 Å². The van der Waals surface area contributed by atoms with Gasteiger partial charge in [-0.25, -0.2) is 0 Å². The van der Waals surface area contributed by atoms with Gasteiger partial charge in [0.15, 0.2) is 0 Å². The molecule has 0 aromatic carbocycles. The molecular weight excluding hydrogens is 143 g/mol. The first-order chi connectivity index (χ1) is 4.39. The minimum atomic E-state index is -4.24. The standard InChI is InChI=1S/C6H12F3N/c1-3-4(2)5(10)6(7,8)9/h4-5H,3,10H2,1-2H3/t4-,5-/m1/s1. The van der Waals surface area contributed by atoms with E-state index in [2.05, 4.69) is 0 Å². The van der Waals surface area contributed by atoms with Crippen LogP contribution in [-0.2, 0) is 0 Å². The van der Waals surface area contributed by atoms with Crippen molar-refractivity contribution in [1.29, 1.82) is 0 Å². The Labute approximate surface area is 58.4 Å². The second-order valence-corrected chi connectivity index (χ2v) is 2.45. The third-order valence-electron chi connectivity index (χ3n) is 1.63. The highest BCUT2D eigenvalue weighted by molar-refractivity contribution is 4.75. The first-order valence-electron chi connectivity index (χ1n) is 3.21. The molecule has 10 heavy (non-hydrogen) atoms. The topological polar surface area (TPSA) is 26.0 Å². The van der Waals surface area contributed by atoms with Crippen molar-refractivity contribution in [2.75, 3.05) is 0 Å². The van der Waals surface area contributed by atoms with Crippen molar-refractivity contribution < 1.29 is 13.2 Å². The van der Waals surface area contributed by atoms with Crippen LogP contribution in [0.4, 0.5) is 13.2 Å². The second-order valence-electron chi connectivity index (χ2n) is 2.45. The van der Waals surface area contributed by atoms with E-state index in [-0.39, 0.29) is 0 Å². The van der Waals surface area contributed by atoms with E-state index in [1.807, 2.05) is 0 Å². The summed E-state index contributed by atoms with van der Waals surface area (Å²) in [6, 6.07) is -1.67. The Morgan fingerprint density at radius 3 is 1.90 bits per heavy atom. The lowest BCUT2D eigenvalue weighted by Gasteiger charge is -2.20. The minimum Gasteiger partial charge on any atom is -0.320 e. The van der Waals surface area contributed by atoms with Crippen LogP contribution in [0, 0.1) is 5.92 Å². The molecular formula is C6H12F3N. The number of alkyl halides is 3. The number of rotatable bonds is 2. The van der Waals surface area contributed by atoms with E-state index in [0.717, 1.165) is 0 Å². The summed E-state index contributed by atoms with van der Waals surface area (Å²) >= 11 is 0. The molecule has 0 rings (SSSR count). The van der Waals surface area contributed by atoms with Crippen LogP contribution in [0.3, 0.4) is 0 Å². The predicted octanol–water partition coefficient (Wildman–Crippen LogP) is 1.92. The normalized spacial score (nSPS) is 18.6. The quantitative estimate of drug-likeness (QED) is 0.647. The monoisotopic (exact) mass is 155 g/mol. The third-order valence-corrected chi connectivity index (χ3v) is 1.63. The van der Waals surface area contributed by atoms with Crippen LogP contribution in [0.15, 0.2) is 0 Å². The maximum Gasteiger partial charge on any atom is 0.403 e. The molecule has 0 aliphatic carbocycles. The van der Waals surface area contributed by atoms with Crippen LogP contribution in [0.2, 0.25) is 0 Å². The lowest BCUT2D eigenvalue weighted by Crippen LogP contribution is -2.42. The lowest BCUT2D eigenvalue weighted by atomic mass is 10.00. The molecule has 0 saturated heterocycles. The molecule has 0 aromatic heterocycles. The second kappa shape index (κ2) is 3.23. The SMILES string of the molecule is CC[C@@H](C)[C@@H](N)C(F)(F)F. The lowest BCUT2D eigenvalue weighted by molar-refractivity contribution is -0.157. The summed E-state index contributed by atoms with van der Waals surface area (Å²) in [6.07, 6.45) is -3.78. The van der Waals surface area contributed by atoms with E-state index in [9.17, 15) is 13.2 Å². The third kappa shape index (κ3) is 2.56. The van der Waals surface area contributed by atoms with Crippen molar-refractivity contribution in [2.24, 2.45) is 11.7 Å². The average Bonchev–Trinajstić information content (AvgIpc) is 1.83. The molecule has 0 aliphatic rings. The van der Waals surface area contributed by atoms with Gasteiger partial charge < -0.3 is 5.73 Å².